The molecular weight excluding hydrogens is 259 g/mol. The van der Waals surface area contributed by atoms with E-state index < -0.39 is 8.32 Å². The molecule has 0 aliphatic carbocycles. The van der Waals surface area contributed by atoms with E-state index in [-0.39, 0.29) is 10.9 Å². The molecule has 4 heteroatoms. The van der Waals surface area contributed by atoms with E-state index in [4.69, 9.17) is 4.43 Å². The minimum atomic E-state index is -1.76. The highest BCUT2D eigenvalue weighted by molar-refractivity contribution is 6.74. The lowest BCUT2D eigenvalue weighted by molar-refractivity contribution is 0.112. The molecule has 0 fully saturated rings. The lowest BCUT2D eigenvalue weighted by atomic mass is 10.1. The van der Waals surface area contributed by atoms with Crippen LogP contribution in [0.2, 0.25) is 18.1 Å². The van der Waals surface area contributed by atoms with E-state index in [1.807, 2.05) is 0 Å². The summed E-state index contributed by atoms with van der Waals surface area (Å²) in [4.78, 5) is 10.9. The van der Waals surface area contributed by atoms with Crippen LogP contribution in [0.4, 0.5) is 4.39 Å². The molecule has 1 aromatic rings. The Morgan fingerprint density at radius 2 is 1.95 bits per heavy atom. The van der Waals surface area contributed by atoms with Crippen LogP contribution in [0.25, 0.3) is 0 Å². The van der Waals surface area contributed by atoms with Gasteiger partial charge in [-0.25, -0.2) is 4.39 Å². The fraction of sp³-hybridized carbons (Fsp3) is 0.533. The number of halogens is 1. The Balaban J connectivity index is 2.66. The van der Waals surface area contributed by atoms with Gasteiger partial charge in [-0.2, -0.15) is 0 Å². The van der Waals surface area contributed by atoms with E-state index in [9.17, 15) is 9.18 Å². The van der Waals surface area contributed by atoms with Crippen LogP contribution in [-0.2, 0) is 10.8 Å². The number of carbonyl (C=O) groups excluding carboxylic acids is 1. The van der Waals surface area contributed by atoms with Gasteiger partial charge in [-0.3, -0.25) is 4.79 Å². The van der Waals surface area contributed by atoms with Crippen LogP contribution >= 0.6 is 0 Å². The van der Waals surface area contributed by atoms with E-state index in [0.29, 0.717) is 24.9 Å². The summed E-state index contributed by atoms with van der Waals surface area (Å²) in [5, 5.41) is 0.170. The van der Waals surface area contributed by atoms with Gasteiger partial charge in [0.2, 0.25) is 0 Å². The highest BCUT2D eigenvalue weighted by Gasteiger charge is 2.36. The quantitative estimate of drug-likeness (QED) is 0.597. The van der Waals surface area contributed by atoms with Crippen molar-refractivity contribution in [1.82, 2.24) is 0 Å². The molecule has 0 spiro atoms. The molecule has 19 heavy (non-hydrogen) atoms. The van der Waals surface area contributed by atoms with Gasteiger partial charge in [0.25, 0.3) is 0 Å². The lowest BCUT2D eigenvalue weighted by Crippen LogP contribution is -2.41. The summed E-state index contributed by atoms with van der Waals surface area (Å²) in [6, 6.07) is 4.32. The summed E-state index contributed by atoms with van der Waals surface area (Å²) in [6.07, 6.45) is 1.34. The first-order valence-electron chi connectivity index (χ1n) is 6.55. The fourth-order valence-corrected chi connectivity index (χ4v) is 2.58. The zero-order valence-electron chi connectivity index (χ0n) is 12.4. The molecule has 0 bridgehead atoms. The van der Waals surface area contributed by atoms with Gasteiger partial charge in [0.1, 0.15) is 12.1 Å². The van der Waals surface area contributed by atoms with Crippen molar-refractivity contribution >= 4 is 14.6 Å². The van der Waals surface area contributed by atoms with Crippen LogP contribution < -0.4 is 0 Å². The minimum absolute atomic E-state index is 0.170. The average Bonchev–Trinajstić information content (AvgIpc) is 2.29. The number of carbonyl (C=O) groups is 1. The molecule has 0 saturated heterocycles. The third-order valence-corrected chi connectivity index (χ3v) is 8.41. The first kappa shape index (κ1) is 16.1. The van der Waals surface area contributed by atoms with E-state index >= 15 is 0 Å². The second kappa shape index (κ2) is 5.97. The van der Waals surface area contributed by atoms with Gasteiger partial charge in [-0.05, 0) is 42.2 Å². The number of benzene rings is 1. The molecule has 0 heterocycles. The largest absolute Gasteiger partial charge is 0.416 e. The molecule has 0 amide bonds. The maximum absolute atomic E-state index is 13.0. The van der Waals surface area contributed by atoms with Crippen molar-refractivity contribution in [2.45, 2.75) is 45.3 Å². The zero-order chi connectivity index (χ0) is 14.7. The van der Waals surface area contributed by atoms with Gasteiger partial charge in [0, 0.05) is 12.2 Å². The van der Waals surface area contributed by atoms with Gasteiger partial charge in [-0.15, -0.1) is 0 Å². The van der Waals surface area contributed by atoms with Crippen LogP contribution in [0.15, 0.2) is 18.2 Å². The van der Waals surface area contributed by atoms with Crippen LogP contribution in [0.5, 0.6) is 0 Å². The lowest BCUT2D eigenvalue weighted by Gasteiger charge is -2.36. The molecule has 2 nitrogen and oxygen atoms in total. The molecule has 0 unspecified atom stereocenters. The second-order valence-corrected chi connectivity index (χ2v) is 11.1. The fourth-order valence-electron chi connectivity index (χ4n) is 1.54. The van der Waals surface area contributed by atoms with Crippen molar-refractivity contribution in [1.29, 1.82) is 0 Å². The van der Waals surface area contributed by atoms with E-state index in [2.05, 4.69) is 33.9 Å². The summed E-state index contributed by atoms with van der Waals surface area (Å²) < 4.78 is 19.1. The van der Waals surface area contributed by atoms with Crippen LogP contribution in [0, 0.1) is 5.82 Å². The van der Waals surface area contributed by atoms with E-state index in [1.54, 1.807) is 6.07 Å². The predicted octanol–water partition coefficient (Wildman–Crippen LogP) is 4.20. The number of rotatable bonds is 5. The Hall–Kier alpha value is -1.00. The molecule has 0 aliphatic heterocycles. The SMILES string of the molecule is CC(C)(C)[Si](C)(C)OCCc1ccc(F)cc1C=O. The molecule has 106 valence electrons. The third kappa shape index (κ3) is 4.25. The zero-order valence-corrected chi connectivity index (χ0v) is 13.4. The van der Waals surface area contributed by atoms with Crippen molar-refractivity contribution in [2.24, 2.45) is 0 Å². The Bertz CT molecular complexity index is 450. The molecule has 0 radical (unpaired) electrons. The van der Waals surface area contributed by atoms with Gasteiger partial charge in [0.05, 0.1) is 0 Å². The minimum Gasteiger partial charge on any atom is -0.416 e. The van der Waals surface area contributed by atoms with Crippen LogP contribution in [-0.4, -0.2) is 21.2 Å². The van der Waals surface area contributed by atoms with Gasteiger partial charge < -0.3 is 4.43 Å². The Morgan fingerprint density at radius 1 is 1.32 bits per heavy atom. The van der Waals surface area contributed by atoms with E-state index in [0.717, 1.165) is 5.56 Å². The van der Waals surface area contributed by atoms with Crippen LogP contribution in [0.3, 0.4) is 0 Å². The molecular formula is C15H23FO2Si. The van der Waals surface area contributed by atoms with Crippen molar-refractivity contribution in [3.05, 3.63) is 35.1 Å². The average molecular weight is 282 g/mol. The summed E-state index contributed by atoms with van der Waals surface area (Å²) >= 11 is 0. The highest BCUT2D eigenvalue weighted by atomic mass is 28.4. The highest BCUT2D eigenvalue weighted by Crippen LogP contribution is 2.36. The molecule has 0 aromatic heterocycles. The molecule has 1 aromatic carbocycles. The first-order chi connectivity index (χ1) is 8.67. The maximum atomic E-state index is 13.0. The Labute approximate surface area is 116 Å². The van der Waals surface area contributed by atoms with Crippen molar-refractivity contribution in [3.8, 4) is 0 Å². The number of hydrogen-bond acceptors (Lipinski definition) is 2. The monoisotopic (exact) mass is 282 g/mol. The van der Waals surface area contributed by atoms with Gasteiger partial charge >= 0.3 is 0 Å². The molecule has 1 rings (SSSR count). The number of aldehydes is 1. The summed E-state index contributed by atoms with van der Waals surface area (Å²) in [5.74, 6) is -0.379. The standard InChI is InChI=1S/C15H23FO2Si/c1-15(2,3)19(4,5)18-9-8-12-6-7-14(16)10-13(12)11-17/h6-7,10-11H,8-9H2,1-5H3. The smallest absolute Gasteiger partial charge is 0.191 e. The Morgan fingerprint density at radius 3 is 2.47 bits per heavy atom. The normalized spacial score (nSPS) is 12.5. The summed E-state index contributed by atoms with van der Waals surface area (Å²) in [7, 11) is -1.76. The van der Waals surface area contributed by atoms with Crippen molar-refractivity contribution in [3.63, 3.8) is 0 Å². The molecule has 0 saturated carbocycles. The third-order valence-electron chi connectivity index (χ3n) is 3.88. The summed E-state index contributed by atoms with van der Waals surface area (Å²) in [5.41, 5.74) is 1.26. The van der Waals surface area contributed by atoms with Crippen LogP contribution in [0.1, 0.15) is 36.7 Å². The molecule has 0 aliphatic rings. The molecule has 0 N–H and O–H groups in total. The van der Waals surface area contributed by atoms with Crippen molar-refractivity contribution in [2.75, 3.05) is 6.61 Å². The van der Waals surface area contributed by atoms with Crippen molar-refractivity contribution < 1.29 is 13.6 Å². The number of hydrogen-bond donors (Lipinski definition) is 0. The van der Waals surface area contributed by atoms with Gasteiger partial charge in [-0.1, -0.05) is 26.8 Å². The predicted molar refractivity (Wildman–Crippen MR) is 78.6 cm³/mol. The van der Waals surface area contributed by atoms with Gasteiger partial charge in [0.15, 0.2) is 8.32 Å². The summed E-state index contributed by atoms with van der Waals surface area (Å²) in [6.45, 7) is 11.5. The molecule has 0 atom stereocenters. The second-order valence-electron chi connectivity index (χ2n) is 6.32. The maximum Gasteiger partial charge on any atom is 0.191 e. The Kier molecular flexibility index (Phi) is 5.04. The first-order valence-corrected chi connectivity index (χ1v) is 9.46. The topological polar surface area (TPSA) is 26.3 Å². The van der Waals surface area contributed by atoms with E-state index in [1.165, 1.54) is 12.1 Å².